The third-order valence-electron chi connectivity index (χ3n) is 4.83. The summed E-state index contributed by atoms with van der Waals surface area (Å²) in [6, 6.07) is 9.40. The average Bonchev–Trinajstić information content (AvgIpc) is 3.47. The van der Waals surface area contributed by atoms with Crippen LogP contribution >= 0.6 is 11.6 Å². The maximum absolute atomic E-state index is 13.2. The van der Waals surface area contributed by atoms with Gasteiger partial charge in [0.2, 0.25) is 0 Å². The quantitative estimate of drug-likeness (QED) is 0.315. The first kappa shape index (κ1) is 25.7. The fourth-order valence-corrected chi connectivity index (χ4v) is 3.59. The predicted octanol–water partition coefficient (Wildman–Crippen LogP) is 5.95. The number of halogens is 1. The molecule has 3 aromatic heterocycles. The zero-order chi connectivity index (χ0) is 26.7. The smallest absolute Gasteiger partial charge is 0.420 e. The highest BCUT2D eigenvalue weighted by Crippen LogP contribution is 2.33. The lowest BCUT2D eigenvalue weighted by Crippen LogP contribution is -2.20. The van der Waals surface area contributed by atoms with Crippen LogP contribution in [0.25, 0.3) is 22.6 Å². The minimum Gasteiger partial charge on any atom is -0.459 e. The Kier molecular flexibility index (Phi) is 7.44. The van der Waals surface area contributed by atoms with Crippen LogP contribution in [0, 0.1) is 0 Å². The number of ether oxygens (including phenoxy) is 2. The lowest BCUT2D eigenvalue weighted by atomic mass is 10.2. The summed E-state index contributed by atoms with van der Waals surface area (Å²) in [5, 5.41) is 5.57. The van der Waals surface area contributed by atoms with Gasteiger partial charge in [0, 0.05) is 11.3 Å². The number of hydrogen-bond acceptors (Lipinski definition) is 8. The summed E-state index contributed by atoms with van der Waals surface area (Å²) in [4.78, 5) is 46.5. The molecule has 3 heterocycles. The normalized spacial score (nSPS) is 11.1. The van der Waals surface area contributed by atoms with E-state index < -0.39 is 24.2 Å². The third kappa shape index (κ3) is 5.89. The number of fused-ring (bicyclic) bond motifs is 1. The van der Waals surface area contributed by atoms with Crippen LogP contribution in [0.2, 0.25) is 5.02 Å². The number of hydrogen-bond donors (Lipinski definition) is 2. The molecule has 0 saturated heterocycles. The molecule has 0 bridgehead atoms. The van der Waals surface area contributed by atoms with Gasteiger partial charge in [-0.1, -0.05) is 11.6 Å². The minimum absolute atomic E-state index is 0.129. The van der Waals surface area contributed by atoms with Crippen LogP contribution in [-0.2, 0) is 9.47 Å². The van der Waals surface area contributed by atoms with E-state index >= 15 is 0 Å². The number of benzene rings is 1. The van der Waals surface area contributed by atoms with Crippen LogP contribution in [-0.4, -0.2) is 44.8 Å². The van der Waals surface area contributed by atoms with Crippen LogP contribution in [0.15, 0.2) is 53.3 Å². The highest BCUT2D eigenvalue weighted by atomic mass is 35.5. The van der Waals surface area contributed by atoms with Crippen molar-refractivity contribution in [3.63, 3.8) is 0 Å². The lowest BCUT2D eigenvalue weighted by Gasteiger charge is -2.13. The Morgan fingerprint density at radius 2 is 1.76 bits per heavy atom. The predicted molar refractivity (Wildman–Crippen MR) is 137 cm³/mol. The maximum Gasteiger partial charge on any atom is 0.420 e. The highest BCUT2D eigenvalue weighted by Gasteiger charge is 2.24. The number of carbonyl (C=O) groups is 3. The van der Waals surface area contributed by atoms with E-state index in [-0.39, 0.29) is 39.6 Å². The first-order valence-corrected chi connectivity index (χ1v) is 11.7. The van der Waals surface area contributed by atoms with Crippen molar-refractivity contribution < 1.29 is 28.3 Å². The van der Waals surface area contributed by atoms with Crippen LogP contribution in [0.1, 0.15) is 38.2 Å². The molecule has 0 fully saturated rings. The van der Waals surface area contributed by atoms with E-state index in [1.807, 2.05) is 0 Å². The molecule has 192 valence electrons. The molecule has 0 aliphatic heterocycles. The van der Waals surface area contributed by atoms with Gasteiger partial charge in [0.1, 0.15) is 5.52 Å². The molecule has 0 aliphatic carbocycles. The van der Waals surface area contributed by atoms with E-state index in [9.17, 15) is 14.4 Å². The van der Waals surface area contributed by atoms with Gasteiger partial charge in [-0.05, 0) is 64.1 Å². The lowest BCUT2D eigenvalue weighted by molar-refractivity contribution is 0.0996. The molecule has 0 unspecified atom stereocenters. The Morgan fingerprint density at radius 1 is 1.00 bits per heavy atom. The fourth-order valence-electron chi connectivity index (χ4n) is 3.39. The first-order valence-electron chi connectivity index (χ1n) is 11.3. The second kappa shape index (κ2) is 10.7. The first-order chi connectivity index (χ1) is 17.6. The average molecular weight is 526 g/mol. The monoisotopic (exact) mass is 525 g/mol. The molecule has 4 aromatic rings. The molecule has 2 amide bonds. The molecule has 12 heteroatoms. The van der Waals surface area contributed by atoms with Gasteiger partial charge in [0.05, 0.1) is 35.4 Å². The van der Waals surface area contributed by atoms with E-state index in [2.05, 4.69) is 20.6 Å². The number of pyridine rings is 1. The van der Waals surface area contributed by atoms with Crippen molar-refractivity contribution in [3.8, 4) is 11.4 Å². The minimum atomic E-state index is -0.725. The molecule has 37 heavy (non-hydrogen) atoms. The second-order valence-corrected chi connectivity index (χ2v) is 8.88. The zero-order valence-electron chi connectivity index (χ0n) is 20.4. The molecule has 0 radical (unpaired) electrons. The number of amides is 2. The molecule has 2 N–H and O–H groups in total. The van der Waals surface area contributed by atoms with E-state index in [1.165, 1.54) is 29.2 Å². The fraction of sp³-hybridized carbons (Fsp3) is 0.240. The molecule has 1 aromatic carbocycles. The van der Waals surface area contributed by atoms with E-state index in [0.717, 1.165) is 0 Å². The van der Waals surface area contributed by atoms with Crippen LogP contribution in [0.5, 0.6) is 0 Å². The topological polar surface area (TPSA) is 138 Å². The van der Waals surface area contributed by atoms with Gasteiger partial charge in [-0.2, -0.15) is 0 Å². The van der Waals surface area contributed by atoms with Crippen molar-refractivity contribution in [2.24, 2.45) is 0 Å². The number of nitrogens with one attached hydrogen (secondary N) is 2. The number of aromatic nitrogens is 3. The number of nitrogens with zero attached hydrogens (tertiary/aromatic N) is 3. The number of anilines is 2. The van der Waals surface area contributed by atoms with Crippen molar-refractivity contribution >= 4 is 52.2 Å². The van der Waals surface area contributed by atoms with Crippen LogP contribution < -0.4 is 10.6 Å². The standard InChI is InChI=1S/C25H24ClN5O6/c1-13(2)36-24(33)29-16-11-19-21(27-12-16)30-22(31(19)25(34)37-14(3)4)17-10-15(7-8-18(17)26)28-23(32)20-6-5-9-35-20/h5-14H,1-4H3,(H,28,32)(H,29,33). The van der Waals surface area contributed by atoms with Crippen molar-refractivity contribution in [2.45, 2.75) is 39.9 Å². The Balaban J connectivity index is 1.78. The van der Waals surface area contributed by atoms with Gasteiger partial charge in [-0.15, -0.1) is 0 Å². The summed E-state index contributed by atoms with van der Waals surface area (Å²) in [6.45, 7) is 6.86. The molecule has 4 rings (SSSR count). The van der Waals surface area contributed by atoms with Gasteiger partial charge in [-0.25, -0.2) is 24.1 Å². The van der Waals surface area contributed by atoms with Crippen molar-refractivity contribution in [1.82, 2.24) is 14.5 Å². The molecule has 0 spiro atoms. The zero-order valence-corrected chi connectivity index (χ0v) is 21.2. The molecular weight excluding hydrogens is 502 g/mol. The van der Waals surface area contributed by atoms with Crippen molar-refractivity contribution in [2.75, 3.05) is 10.6 Å². The maximum atomic E-state index is 13.2. The van der Waals surface area contributed by atoms with Gasteiger partial charge in [0.25, 0.3) is 5.91 Å². The SMILES string of the molecule is CC(C)OC(=O)Nc1cnc2nc(-c3cc(NC(=O)c4ccco4)ccc3Cl)n(C(=O)OC(C)C)c2c1. The summed E-state index contributed by atoms with van der Waals surface area (Å²) >= 11 is 6.49. The molecular formula is C25H24ClN5O6. The van der Waals surface area contributed by atoms with E-state index in [0.29, 0.717) is 11.3 Å². The summed E-state index contributed by atoms with van der Waals surface area (Å²) in [7, 11) is 0. The Morgan fingerprint density at radius 3 is 2.43 bits per heavy atom. The number of furan rings is 1. The molecule has 11 nitrogen and oxygen atoms in total. The van der Waals surface area contributed by atoms with Crippen molar-refractivity contribution in [1.29, 1.82) is 0 Å². The number of imidazole rings is 1. The van der Waals surface area contributed by atoms with Crippen molar-refractivity contribution in [3.05, 3.63) is 59.6 Å². The summed E-state index contributed by atoms with van der Waals surface area (Å²) < 4.78 is 16.9. The van der Waals surface area contributed by atoms with Crippen LogP contribution in [0.4, 0.5) is 21.0 Å². The van der Waals surface area contributed by atoms with Gasteiger partial charge in [0.15, 0.2) is 17.2 Å². The van der Waals surface area contributed by atoms with E-state index in [1.54, 1.807) is 52.0 Å². The Hall–Kier alpha value is -4.38. The van der Waals surface area contributed by atoms with Gasteiger partial charge in [-0.3, -0.25) is 10.1 Å². The highest BCUT2D eigenvalue weighted by molar-refractivity contribution is 6.33. The third-order valence-corrected chi connectivity index (χ3v) is 5.16. The largest absolute Gasteiger partial charge is 0.459 e. The molecule has 0 atom stereocenters. The summed E-state index contributed by atoms with van der Waals surface area (Å²) in [5.74, 6) is -0.199. The van der Waals surface area contributed by atoms with Gasteiger partial charge >= 0.3 is 12.2 Å². The summed E-state index contributed by atoms with van der Waals surface area (Å²) in [6.07, 6.45) is 0.636. The van der Waals surface area contributed by atoms with E-state index in [4.69, 9.17) is 25.5 Å². The Bertz CT molecular complexity index is 1460. The Labute approximate surface area is 216 Å². The number of rotatable bonds is 6. The molecule has 0 saturated carbocycles. The number of carbonyl (C=O) groups excluding carboxylic acids is 3. The summed E-state index contributed by atoms with van der Waals surface area (Å²) in [5.41, 5.74) is 1.49. The molecule has 0 aliphatic rings. The van der Waals surface area contributed by atoms with Crippen LogP contribution in [0.3, 0.4) is 0 Å². The second-order valence-electron chi connectivity index (χ2n) is 8.48. The van der Waals surface area contributed by atoms with Gasteiger partial charge < -0.3 is 19.2 Å².